The van der Waals surface area contributed by atoms with Crippen molar-refractivity contribution in [1.82, 2.24) is 9.55 Å². The van der Waals surface area contributed by atoms with E-state index in [0.29, 0.717) is 34.7 Å². The van der Waals surface area contributed by atoms with Crippen LogP contribution in [0.1, 0.15) is 33.6 Å². The zero-order valence-electron chi connectivity index (χ0n) is 22.2. The summed E-state index contributed by atoms with van der Waals surface area (Å²) in [5.41, 5.74) is 7.45. The van der Waals surface area contributed by atoms with E-state index in [-0.39, 0.29) is 46.7 Å². The predicted octanol–water partition coefficient (Wildman–Crippen LogP) is 6.11. The maximum Gasteiger partial charge on any atom is 0.335 e. The number of nitrogens with zero attached hydrogens (tertiary/aromatic N) is 2. The molecule has 3 N–H and O–H groups in total. The topological polar surface area (TPSA) is 109 Å². The molecule has 6 rings (SSSR count). The van der Waals surface area contributed by atoms with E-state index in [1.807, 2.05) is 0 Å². The lowest BCUT2D eigenvalue weighted by atomic mass is 10.00. The maximum absolute atomic E-state index is 15.6. The van der Waals surface area contributed by atoms with E-state index in [1.165, 1.54) is 43.5 Å². The Morgan fingerprint density at radius 3 is 2.52 bits per heavy atom. The Balaban J connectivity index is 1.34. The highest BCUT2D eigenvalue weighted by molar-refractivity contribution is 5.92. The van der Waals surface area contributed by atoms with E-state index in [1.54, 1.807) is 28.8 Å². The Bertz CT molecular complexity index is 1830. The number of nitrogens with two attached hydrogens (primary N) is 1. The van der Waals surface area contributed by atoms with Crippen LogP contribution in [0.15, 0.2) is 66.7 Å². The van der Waals surface area contributed by atoms with Crippen LogP contribution in [0.5, 0.6) is 11.5 Å². The van der Waals surface area contributed by atoms with E-state index >= 15 is 8.78 Å². The van der Waals surface area contributed by atoms with E-state index in [9.17, 15) is 14.3 Å². The predicted molar refractivity (Wildman–Crippen MR) is 148 cm³/mol. The van der Waals surface area contributed by atoms with Crippen molar-refractivity contribution in [2.45, 2.75) is 19.3 Å². The largest absolute Gasteiger partial charge is 0.478 e. The minimum atomic E-state index is -1.10. The average molecular weight is 576 g/mol. The molecule has 1 aliphatic heterocycles. The van der Waals surface area contributed by atoms with Gasteiger partial charge in [-0.05, 0) is 60.2 Å². The quantitative estimate of drug-likeness (QED) is 0.215. The molecule has 1 atom stereocenters. The number of carboxylic acids is 1. The SMILES string of the molecule is COCCn1c(Cc2c(F)cc(-c3cccc4c3OC(c3ccc(N)cc3F)O4)cc2F)nc2ccc(C(=O)O)cc21. The normalized spacial score (nSPS) is 14.0. The molecule has 2 heterocycles. The fraction of sp³-hybridized carbons (Fsp3) is 0.161. The summed E-state index contributed by atoms with van der Waals surface area (Å²) >= 11 is 0. The number of carboxylic acid groups (broad SMARTS) is 1. The second kappa shape index (κ2) is 10.7. The second-order valence-corrected chi connectivity index (χ2v) is 9.76. The van der Waals surface area contributed by atoms with Gasteiger partial charge in [-0.3, -0.25) is 0 Å². The van der Waals surface area contributed by atoms with Crippen molar-refractivity contribution in [2.75, 3.05) is 19.5 Å². The van der Waals surface area contributed by atoms with E-state index in [4.69, 9.17) is 19.9 Å². The van der Waals surface area contributed by atoms with Crippen molar-refractivity contribution in [3.8, 4) is 22.6 Å². The molecule has 8 nitrogen and oxygen atoms in total. The second-order valence-electron chi connectivity index (χ2n) is 9.76. The van der Waals surface area contributed by atoms with Crippen molar-refractivity contribution in [2.24, 2.45) is 0 Å². The number of rotatable bonds is 8. The number of methoxy groups -OCH3 is 1. The Morgan fingerprint density at radius 2 is 1.81 bits per heavy atom. The number of hydrogen-bond donors (Lipinski definition) is 2. The lowest BCUT2D eigenvalue weighted by Crippen LogP contribution is -2.11. The maximum atomic E-state index is 15.6. The molecule has 214 valence electrons. The van der Waals surface area contributed by atoms with Crippen LogP contribution < -0.4 is 15.2 Å². The van der Waals surface area contributed by atoms with Crippen LogP contribution in [-0.4, -0.2) is 34.3 Å². The Morgan fingerprint density at radius 1 is 1.02 bits per heavy atom. The summed E-state index contributed by atoms with van der Waals surface area (Å²) in [6.45, 7) is 0.581. The smallest absolute Gasteiger partial charge is 0.335 e. The highest BCUT2D eigenvalue weighted by Gasteiger charge is 2.31. The lowest BCUT2D eigenvalue weighted by Gasteiger charge is -2.13. The van der Waals surface area contributed by atoms with Gasteiger partial charge in [0.15, 0.2) is 11.5 Å². The molecule has 0 amide bonds. The van der Waals surface area contributed by atoms with Crippen LogP contribution >= 0.6 is 0 Å². The van der Waals surface area contributed by atoms with Crippen molar-refractivity contribution in [1.29, 1.82) is 0 Å². The minimum Gasteiger partial charge on any atom is -0.478 e. The monoisotopic (exact) mass is 575 g/mol. The number of anilines is 1. The molecule has 0 fully saturated rings. The fourth-order valence-electron chi connectivity index (χ4n) is 5.02. The first-order valence-corrected chi connectivity index (χ1v) is 12.9. The molecule has 1 unspecified atom stereocenters. The standard InChI is InChI=1S/C31H24F3N3O5/c1-40-10-9-37-26-13-16(30(38)39)5-8-25(26)36-28(37)15-21-22(32)11-17(12-23(21)33)19-3-2-4-27-29(19)42-31(41-27)20-7-6-18(35)14-24(20)34/h2-8,11-14,31H,9-10,15,35H2,1H3,(H,38,39). The number of nitrogen functional groups attached to an aromatic ring is 1. The first kappa shape index (κ1) is 27.2. The fourth-order valence-corrected chi connectivity index (χ4v) is 5.02. The average Bonchev–Trinajstić information content (AvgIpc) is 3.54. The number of aromatic carboxylic acids is 1. The third-order valence-electron chi connectivity index (χ3n) is 7.10. The van der Waals surface area contributed by atoms with Crippen LogP contribution in [0.3, 0.4) is 0 Å². The van der Waals surface area contributed by atoms with Gasteiger partial charge in [0, 0.05) is 36.9 Å². The van der Waals surface area contributed by atoms with Gasteiger partial charge in [-0.2, -0.15) is 0 Å². The van der Waals surface area contributed by atoms with Crippen LogP contribution in [0.4, 0.5) is 18.9 Å². The molecule has 0 radical (unpaired) electrons. The zero-order valence-corrected chi connectivity index (χ0v) is 22.2. The summed E-state index contributed by atoms with van der Waals surface area (Å²) in [5, 5.41) is 9.41. The molecule has 11 heteroatoms. The van der Waals surface area contributed by atoms with Crippen molar-refractivity contribution in [3.05, 3.63) is 107 Å². The number of ether oxygens (including phenoxy) is 3. The van der Waals surface area contributed by atoms with Gasteiger partial charge in [-0.1, -0.05) is 12.1 Å². The van der Waals surface area contributed by atoms with E-state index in [2.05, 4.69) is 4.98 Å². The van der Waals surface area contributed by atoms with Gasteiger partial charge >= 0.3 is 5.97 Å². The molecular formula is C31H24F3N3O5. The zero-order chi connectivity index (χ0) is 29.5. The van der Waals surface area contributed by atoms with Crippen LogP contribution in [-0.2, 0) is 17.7 Å². The van der Waals surface area contributed by atoms with Crippen LogP contribution in [0, 0.1) is 17.5 Å². The summed E-state index contributed by atoms with van der Waals surface area (Å²) < 4.78 is 64.2. The van der Waals surface area contributed by atoms with Crippen molar-refractivity contribution < 1.29 is 37.3 Å². The van der Waals surface area contributed by atoms with Crippen LogP contribution in [0.25, 0.3) is 22.2 Å². The summed E-state index contributed by atoms with van der Waals surface area (Å²) in [5.74, 6) is -2.45. The number of fused-ring (bicyclic) bond motifs is 2. The number of hydrogen-bond acceptors (Lipinski definition) is 6. The molecule has 0 saturated heterocycles. The summed E-state index contributed by atoms with van der Waals surface area (Å²) in [6.07, 6.45) is -1.29. The number of imidazole rings is 1. The number of aromatic nitrogens is 2. The number of carbonyl (C=O) groups is 1. The number of halogens is 3. The third-order valence-corrected chi connectivity index (χ3v) is 7.10. The first-order chi connectivity index (χ1) is 20.2. The summed E-state index contributed by atoms with van der Waals surface area (Å²) in [4.78, 5) is 16.0. The van der Waals surface area contributed by atoms with Gasteiger partial charge < -0.3 is 29.6 Å². The molecular weight excluding hydrogens is 551 g/mol. The Labute approximate surface area is 237 Å². The molecule has 0 aliphatic carbocycles. The Kier molecular flexibility index (Phi) is 6.95. The first-order valence-electron chi connectivity index (χ1n) is 12.9. The molecule has 1 aromatic heterocycles. The number of para-hydroxylation sites is 1. The van der Waals surface area contributed by atoms with Crippen molar-refractivity contribution >= 4 is 22.7 Å². The van der Waals surface area contributed by atoms with Gasteiger partial charge in [0.05, 0.1) is 28.8 Å². The lowest BCUT2D eigenvalue weighted by molar-refractivity contribution is 0.0457. The molecule has 42 heavy (non-hydrogen) atoms. The van der Waals surface area contributed by atoms with Gasteiger partial charge in [0.1, 0.15) is 23.3 Å². The third kappa shape index (κ3) is 4.88. The molecule has 0 saturated carbocycles. The van der Waals surface area contributed by atoms with Gasteiger partial charge in [-0.25, -0.2) is 22.9 Å². The molecule has 4 aromatic carbocycles. The van der Waals surface area contributed by atoms with Crippen LogP contribution in [0.2, 0.25) is 0 Å². The summed E-state index contributed by atoms with van der Waals surface area (Å²) in [6, 6.07) is 15.9. The van der Waals surface area contributed by atoms with Gasteiger partial charge in [0.2, 0.25) is 0 Å². The highest BCUT2D eigenvalue weighted by atomic mass is 19.1. The summed E-state index contributed by atoms with van der Waals surface area (Å²) in [7, 11) is 1.52. The number of benzene rings is 4. The molecule has 5 aromatic rings. The molecule has 1 aliphatic rings. The highest BCUT2D eigenvalue weighted by Crippen LogP contribution is 2.47. The molecule has 0 bridgehead atoms. The minimum absolute atomic E-state index is 0.0669. The van der Waals surface area contributed by atoms with E-state index in [0.717, 1.165) is 6.07 Å². The van der Waals surface area contributed by atoms with Gasteiger partial charge in [0.25, 0.3) is 6.29 Å². The van der Waals surface area contributed by atoms with E-state index < -0.39 is 29.7 Å². The Hall–Kier alpha value is -5.03. The van der Waals surface area contributed by atoms with Gasteiger partial charge in [-0.15, -0.1) is 0 Å². The van der Waals surface area contributed by atoms with Crippen molar-refractivity contribution in [3.63, 3.8) is 0 Å². The molecule has 0 spiro atoms.